The van der Waals surface area contributed by atoms with Crippen LogP contribution < -0.4 is 0 Å². The molecule has 0 aromatic heterocycles. The molecular formula is C15H10FN. The lowest BCUT2D eigenvalue weighted by Crippen LogP contribution is -1.83. The standard InChI is InChI=1S/C15H10FN/c16-15-8-4-7-13(10-15)14(11-17)9-12-5-2-1-3-6-12/h1-10H/b14-9+. The quantitative estimate of drug-likeness (QED) is 0.559. The molecule has 0 saturated carbocycles. The summed E-state index contributed by atoms with van der Waals surface area (Å²) in [5.41, 5.74) is 1.97. The topological polar surface area (TPSA) is 23.8 Å². The first-order valence-corrected chi connectivity index (χ1v) is 5.22. The van der Waals surface area contributed by atoms with E-state index in [0.717, 1.165) is 5.56 Å². The van der Waals surface area contributed by atoms with Crippen LogP contribution in [0.1, 0.15) is 11.1 Å². The SMILES string of the molecule is N#C/C(=C\c1ccccc1)c1cccc(F)c1. The fourth-order valence-corrected chi connectivity index (χ4v) is 1.55. The smallest absolute Gasteiger partial charge is 0.123 e. The van der Waals surface area contributed by atoms with Crippen LogP contribution in [-0.2, 0) is 0 Å². The molecule has 0 aliphatic rings. The van der Waals surface area contributed by atoms with Crippen molar-refractivity contribution in [2.75, 3.05) is 0 Å². The molecule has 0 aliphatic heterocycles. The van der Waals surface area contributed by atoms with Crippen LogP contribution in [0.2, 0.25) is 0 Å². The van der Waals surface area contributed by atoms with Crippen LogP contribution in [0.4, 0.5) is 4.39 Å². The van der Waals surface area contributed by atoms with E-state index in [9.17, 15) is 4.39 Å². The first kappa shape index (κ1) is 11.1. The van der Waals surface area contributed by atoms with Gasteiger partial charge in [-0.3, -0.25) is 0 Å². The van der Waals surface area contributed by atoms with Crippen molar-refractivity contribution in [1.29, 1.82) is 5.26 Å². The second-order valence-corrected chi connectivity index (χ2v) is 3.59. The highest BCUT2D eigenvalue weighted by Crippen LogP contribution is 2.18. The zero-order valence-corrected chi connectivity index (χ0v) is 9.10. The van der Waals surface area contributed by atoms with Crippen LogP contribution >= 0.6 is 0 Å². The number of hydrogen-bond acceptors (Lipinski definition) is 1. The Morgan fingerprint density at radius 3 is 2.47 bits per heavy atom. The molecule has 0 N–H and O–H groups in total. The van der Waals surface area contributed by atoms with Crippen LogP contribution in [0, 0.1) is 17.1 Å². The third-order valence-corrected chi connectivity index (χ3v) is 2.37. The molecule has 0 radical (unpaired) electrons. The molecule has 0 bridgehead atoms. The summed E-state index contributed by atoms with van der Waals surface area (Å²) < 4.78 is 13.1. The van der Waals surface area contributed by atoms with E-state index in [0.29, 0.717) is 11.1 Å². The molecular weight excluding hydrogens is 213 g/mol. The summed E-state index contributed by atoms with van der Waals surface area (Å²) in [4.78, 5) is 0. The molecule has 0 heterocycles. The van der Waals surface area contributed by atoms with Gasteiger partial charge in [-0.15, -0.1) is 0 Å². The van der Waals surface area contributed by atoms with Crippen molar-refractivity contribution in [3.8, 4) is 6.07 Å². The normalized spacial score (nSPS) is 10.9. The number of nitriles is 1. The summed E-state index contributed by atoms with van der Waals surface area (Å²) in [5.74, 6) is -0.336. The average molecular weight is 223 g/mol. The third kappa shape index (κ3) is 2.79. The van der Waals surface area contributed by atoms with Gasteiger partial charge in [0.1, 0.15) is 5.82 Å². The molecule has 0 amide bonds. The average Bonchev–Trinajstić information content (AvgIpc) is 2.37. The van der Waals surface area contributed by atoms with Gasteiger partial charge >= 0.3 is 0 Å². The number of rotatable bonds is 2. The zero-order valence-electron chi connectivity index (χ0n) is 9.10. The number of hydrogen-bond donors (Lipinski definition) is 0. The molecule has 0 fully saturated rings. The van der Waals surface area contributed by atoms with E-state index in [1.165, 1.54) is 12.1 Å². The lowest BCUT2D eigenvalue weighted by molar-refractivity contribution is 0.627. The van der Waals surface area contributed by atoms with Crippen molar-refractivity contribution in [2.45, 2.75) is 0 Å². The molecule has 2 aromatic carbocycles. The van der Waals surface area contributed by atoms with Gasteiger partial charge in [-0.1, -0.05) is 42.5 Å². The number of halogens is 1. The van der Waals surface area contributed by atoms with Crippen LogP contribution in [0.25, 0.3) is 11.6 Å². The van der Waals surface area contributed by atoms with Crippen LogP contribution in [0.5, 0.6) is 0 Å². The molecule has 0 unspecified atom stereocenters. The summed E-state index contributed by atoms with van der Waals surface area (Å²) in [5, 5.41) is 9.09. The minimum absolute atomic E-state index is 0.336. The molecule has 1 nitrogen and oxygen atoms in total. The lowest BCUT2D eigenvalue weighted by atomic mass is 10.0. The van der Waals surface area contributed by atoms with Crippen molar-refractivity contribution < 1.29 is 4.39 Å². The number of benzene rings is 2. The Labute approximate surface area is 99.5 Å². The van der Waals surface area contributed by atoms with E-state index in [1.807, 2.05) is 30.3 Å². The van der Waals surface area contributed by atoms with Gasteiger partial charge in [-0.05, 0) is 29.3 Å². The Morgan fingerprint density at radius 2 is 1.82 bits per heavy atom. The van der Waals surface area contributed by atoms with Crippen molar-refractivity contribution in [3.05, 3.63) is 71.5 Å². The molecule has 0 aliphatic carbocycles. The van der Waals surface area contributed by atoms with Gasteiger partial charge in [0.05, 0.1) is 11.6 Å². The molecule has 0 saturated heterocycles. The highest BCUT2D eigenvalue weighted by atomic mass is 19.1. The van der Waals surface area contributed by atoms with Gasteiger partial charge in [0.15, 0.2) is 0 Å². The van der Waals surface area contributed by atoms with Gasteiger partial charge in [0, 0.05) is 0 Å². The van der Waals surface area contributed by atoms with E-state index in [2.05, 4.69) is 6.07 Å². The van der Waals surface area contributed by atoms with Crippen molar-refractivity contribution in [2.24, 2.45) is 0 Å². The Morgan fingerprint density at radius 1 is 1.06 bits per heavy atom. The minimum Gasteiger partial charge on any atom is -0.207 e. The summed E-state index contributed by atoms with van der Waals surface area (Å²) in [6.07, 6.45) is 1.74. The van der Waals surface area contributed by atoms with Crippen LogP contribution in [-0.4, -0.2) is 0 Å². The van der Waals surface area contributed by atoms with Crippen LogP contribution in [0.3, 0.4) is 0 Å². The van der Waals surface area contributed by atoms with Crippen molar-refractivity contribution >= 4 is 11.6 Å². The first-order chi connectivity index (χ1) is 8.29. The van der Waals surface area contributed by atoms with Gasteiger partial charge in [0.25, 0.3) is 0 Å². The molecule has 0 spiro atoms. The van der Waals surface area contributed by atoms with Gasteiger partial charge in [-0.25, -0.2) is 4.39 Å². The number of nitrogens with zero attached hydrogens (tertiary/aromatic N) is 1. The molecule has 2 rings (SSSR count). The van der Waals surface area contributed by atoms with Gasteiger partial charge in [0.2, 0.25) is 0 Å². The zero-order chi connectivity index (χ0) is 12.1. The lowest BCUT2D eigenvalue weighted by Gasteiger charge is -1.99. The van der Waals surface area contributed by atoms with E-state index >= 15 is 0 Å². The third-order valence-electron chi connectivity index (χ3n) is 2.37. The maximum absolute atomic E-state index is 13.1. The van der Waals surface area contributed by atoms with Crippen molar-refractivity contribution in [3.63, 3.8) is 0 Å². The van der Waals surface area contributed by atoms with E-state index in [1.54, 1.807) is 18.2 Å². The van der Waals surface area contributed by atoms with Gasteiger partial charge in [-0.2, -0.15) is 5.26 Å². The maximum Gasteiger partial charge on any atom is 0.123 e. The second-order valence-electron chi connectivity index (χ2n) is 3.59. The van der Waals surface area contributed by atoms with E-state index in [4.69, 9.17) is 5.26 Å². The largest absolute Gasteiger partial charge is 0.207 e. The minimum atomic E-state index is -0.336. The molecule has 0 atom stereocenters. The number of allylic oxidation sites excluding steroid dienone is 1. The highest BCUT2D eigenvalue weighted by Gasteiger charge is 2.01. The predicted octanol–water partition coefficient (Wildman–Crippen LogP) is 3.89. The Balaban J connectivity index is 2.42. The molecule has 17 heavy (non-hydrogen) atoms. The summed E-state index contributed by atoms with van der Waals surface area (Å²) in [6.45, 7) is 0. The highest BCUT2D eigenvalue weighted by molar-refractivity contribution is 5.89. The first-order valence-electron chi connectivity index (χ1n) is 5.22. The maximum atomic E-state index is 13.1. The monoisotopic (exact) mass is 223 g/mol. The van der Waals surface area contributed by atoms with Gasteiger partial charge < -0.3 is 0 Å². The Bertz CT molecular complexity index is 579. The molecule has 2 aromatic rings. The summed E-state index contributed by atoms with van der Waals surface area (Å²) >= 11 is 0. The molecule has 82 valence electrons. The van der Waals surface area contributed by atoms with E-state index < -0.39 is 0 Å². The summed E-state index contributed by atoms with van der Waals surface area (Å²) in [6, 6.07) is 17.6. The Kier molecular flexibility index (Phi) is 3.32. The fraction of sp³-hybridized carbons (Fsp3) is 0. The van der Waals surface area contributed by atoms with Crippen LogP contribution in [0.15, 0.2) is 54.6 Å². The fourth-order valence-electron chi connectivity index (χ4n) is 1.55. The van der Waals surface area contributed by atoms with E-state index in [-0.39, 0.29) is 5.82 Å². The summed E-state index contributed by atoms with van der Waals surface area (Å²) in [7, 11) is 0. The predicted molar refractivity (Wildman–Crippen MR) is 66.3 cm³/mol. The second kappa shape index (κ2) is 5.09. The Hall–Kier alpha value is -2.40. The van der Waals surface area contributed by atoms with Crippen molar-refractivity contribution in [1.82, 2.24) is 0 Å². The molecule has 2 heteroatoms.